The Labute approximate surface area is 146 Å². The van der Waals surface area contributed by atoms with Crippen molar-refractivity contribution in [2.75, 3.05) is 33.2 Å². The third kappa shape index (κ3) is 3.00. The first-order valence-corrected chi connectivity index (χ1v) is 8.68. The van der Waals surface area contributed by atoms with Crippen molar-refractivity contribution >= 4 is 23.0 Å². The lowest BCUT2D eigenvalue weighted by Gasteiger charge is -2.31. The molecule has 3 aromatic rings. The Bertz CT molecular complexity index is 905. The van der Waals surface area contributed by atoms with Crippen molar-refractivity contribution in [1.82, 2.24) is 24.6 Å². The SMILES string of the molecule is CN1CCN(Cc2n[nH]c(=S)n2-c2ccc3ccccc3c2)CC1. The molecule has 0 unspecified atom stereocenters. The molecule has 1 fully saturated rings. The van der Waals surface area contributed by atoms with Gasteiger partial charge in [0, 0.05) is 26.2 Å². The van der Waals surface area contributed by atoms with Gasteiger partial charge in [-0.15, -0.1) is 0 Å². The number of aromatic amines is 1. The molecule has 0 spiro atoms. The van der Waals surface area contributed by atoms with E-state index in [-0.39, 0.29) is 0 Å². The number of nitrogens with zero attached hydrogens (tertiary/aromatic N) is 4. The zero-order chi connectivity index (χ0) is 16.5. The summed E-state index contributed by atoms with van der Waals surface area (Å²) in [5, 5.41) is 9.88. The summed E-state index contributed by atoms with van der Waals surface area (Å²) >= 11 is 5.48. The quantitative estimate of drug-likeness (QED) is 0.745. The summed E-state index contributed by atoms with van der Waals surface area (Å²) in [6, 6.07) is 14.8. The van der Waals surface area contributed by atoms with E-state index in [2.05, 4.69) is 74.1 Å². The molecule has 1 aliphatic heterocycles. The first-order valence-electron chi connectivity index (χ1n) is 8.27. The van der Waals surface area contributed by atoms with Crippen LogP contribution in [0.1, 0.15) is 5.82 Å². The summed E-state index contributed by atoms with van der Waals surface area (Å²) in [5.74, 6) is 0.972. The summed E-state index contributed by atoms with van der Waals surface area (Å²) in [7, 11) is 2.17. The molecule has 0 atom stereocenters. The molecule has 0 radical (unpaired) electrons. The number of hydrogen-bond donors (Lipinski definition) is 1. The molecule has 0 saturated carbocycles. The van der Waals surface area contributed by atoms with E-state index >= 15 is 0 Å². The third-order valence-corrected chi connectivity index (χ3v) is 4.97. The summed E-state index contributed by atoms with van der Waals surface area (Å²) in [4.78, 5) is 4.79. The number of piperazine rings is 1. The van der Waals surface area contributed by atoms with Gasteiger partial charge in [0.05, 0.1) is 12.2 Å². The largest absolute Gasteiger partial charge is 0.304 e. The van der Waals surface area contributed by atoms with E-state index in [4.69, 9.17) is 12.2 Å². The van der Waals surface area contributed by atoms with Crippen LogP contribution < -0.4 is 0 Å². The molecule has 5 nitrogen and oxygen atoms in total. The molecule has 1 aliphatic rings. The molecular weight excluding hydrogens is 318 g/mol. The summed E-state index contributed by atoms with van der Waals surface area (Å²) in [6.07, 6.45) is 0. The van der Waals surface area contributed by atoms with Gasteiger partial charge in [0.2, 0.25) is 0 Å². The van der Waals surface area contributed by atoms with Gasteiger partial charge in [-0.05, 0) is 42.2 Å². The smallest absolute Gasteiger partial charge is 0.199 e. The average Bonchev–Trinajstić information content (AvgIpc) is 2.97. The van der Waals surface area contributed by atoms with Gasteiger partial charge in [-0.25, -0.2) is 0 Å². The second-order valence-corrected chi connectivity index (χ2v) is 6.78. The Hall–Kier alpha value is -2.02. The molecule has 24 heavy (non-hydrogen) atoms. The lowest BCUT2D eigenvalue weighted by molar-refractivity contribution is 0.145. The van der Waals surface area contributed by atoms with Crippen molar-refractivity contribution in [3.63, 3.8) is 0 Å². The van der Waals surface area contributed by atoms with Crippen molar-refractivity contribution in [3.05, 3.63) is 53.1 Å². The molecule has 4 rings (SSSR count). The first-order chi connectivity index (χ1) is 11.7. The number of hydrogen-bond acceptors (Lipinski definition) is 4. The molecule has 1 aromatic heterocycles. The second kappa shape index (κ2) is 6.47. The van der Waals surface area contributed by atoms with Crippen LogP contribution in [0.15, 0.2) is 42.5 Å². The lowest BCUT2D eigenvalue weighted by Crippen LogP contribution is -2.44. The monoisotopic (exact) mass is 339 g/mol. The van der Waals surface area contributed by atoms with Crippen molar-refractivity contribution < 1.29 is 0 Å². The maximum atomic E-state index is 5.48. The van der Waals surface area contributed by atoms with Crippen LogP contribution in [-0.2, 0) is 6.54 Å². The van der Waals surface area contributed by atoms with Crippen LogP contribution in [0.25, 0.3) is 16.5 Å². The fraction of sp³-hybridized carbons (Fsp3) is 0.333. The summed E-state index contributed by atoms with van der Waals surface area (Å²) < 4.78 is 2.70. The number of benzene rings is 2. The molecule has 0 aliphatic carbocycles. The standard InChI is InChI=1S/C18H21N5S/c1-21-8-10-22(11-9-21)13-17-19-20-18(24)23(17)16-7-6-14-4-2-3-5-15(14)12-16/h2-7,12H,8-11,13H2,1H3,(H,20,24). The predicted octanol–water partition coefficient (Wildman–Crippen LogP) is 2.83. The number of likely N-dealkylation sites (N-methyl/N-ethyl adjacent to an activating group) is 1. The fourth-order valence-corrected chi connectivity index (χ4v) is 3.48. The minimum absolute atomic E-state index is 0.648. The van der Waals surface area contributed by atoms with Gasteiger partial charge in [0.25, 0.3) is 0 Å². The highest BCUT2D eigenvalue weighted by Gasteiger charge is 2.17. The number of fused-ring (bicyclic) bond motifs is 1. The Morgan fingerprint density at radius 1 is 1.04 bits per heavy atom. The van der Waals surface area contributed by atoms with Crippen molar-refractivity contribution in [2.24, 2.45) is 0 Å². The van der Waals surface area contributed by atoms with Crippen LogP contribution in [0.5, 0.6) is 0 Å². The van der Waals surface area contributed by atoms with E-state index in [1.807, 2.05) is 0 Å². The first kappa shape index (κ1) is 15.5. The van der Waals surface area contributed by atoms with Gasteiger partial charge >= 0.3 is 0 Å². The second-order valence-electron chi connectivity index (χ2n) is 6.39. The zero-order valence-corrected chi connectivity index (χ0v) is 14.6. The predicted molar refractivity (Wildman–Crippen MR) is 99.0 cm³/mol. The normalized spacial score (nSPS) is 16.7. The molecule has 0 bridgehead atoms. The van der Waals surface area contributed by atoms with Gasteiger partial charge in [0.15, 0.2) is 4.77 Å². The maximum absolute atomic E-state index is 5.48. The van der Waals surface area contributed by atoms with Crippen LogP contribution >= 0.6 is 12.2 Å². The molecule has 6 heteroatoms. The van der Waals surface area contributed by atoms with Crippen molar-refractivity contribution in [2.45, 2.75) is 6.54 Å². The van der Waals surface area contributed by atoms with Gasteiger partial charge < -0.3 is 4.90 Å². The topological polar surface area (TPSA) is 40.1 Å². The van der Waals surface area contributed by atoms with Gasteiger partial charge in [-0.3, -0.25) is 14.6 Å². The number of rotatable bonds is 3. The van der Waals surface area contributed by atoms with Crippen LogP contribution in [0.2, 0.25) is 0 Å². The third-order valence-electron chi connectivity index (χ3n) is 4.69. The minimum atomic E-state index is 0.648. The number of H-pyrrole nitrogens is 1. The van der Waals surface area contributed by atoms with Crippen molar-refractivity contribution in [3.8, 4) is 5.69 Å². The Kier molecular flexibility index (Phi) is 4.18. The molecule has 2 aromatic carbocycles. The van der Waals surface area contributed by atoms with Gasteiger partial charge in [0.1, 0.15) is 5.82 Å². The Morgan fingerprint density at radius 3 is 2.58 bits per heavy atom. The van der Waals surface area contributed by atoms with Gasteiger partial charge in [-0.2, -0.15) is 5.10 Å². The Balaban J connectivity index is 1.67. The highest BCUT2D eigenvalue weighted by Crippen LogP contribution is 2.20. The van der Waals surface area contributed by atoms with Crippen LogP contribution in [-0.4, -0.2) is 57.8 Å². The van der Waals surface area contributed by atoms with Gasteiger partial charge in [-0.1, -0.05) is 30.3 Å². The van der Waals surface area contributed by atoms with E-state index in [1.165, 1.54) is 10.8 Å². The highest BCUT2D eigenvalue weighted by molar-refractivity contribution is 7.71. The highest BCUT2D eigenvalue weighted by atomic mass is 32.1. The van der Waals surface area contributed by atoms with Crippen LogP contribution in [0.3, 0.4) is 0 Å². The summed E-state index contributed by atoms with van der Waals surface area (Å²) in [6.45, 7) is 5.14. The average molecular weight is 339 g/mol. The van der Waals surface area contributed by atoms with Crippen LogP contribution in [0.4, 0.5) is 0 Å². The minimum Gasteiger partial charge on any atom is -0.304 e. The van der Waals surface area contributed by atoms with E-state index in [1.54, 1.807) is 0 Å². The van der Waals surface area contributed by atoms with E-state index in [0.717, 1.165) is 44.2 Å². The molecular formula is C18H21N5S. The number of nitrogens with one attached hydrogen (secondary N) is 1. The molecule has 1 N–H and O–H groups in total. The summed E-state index contributed by atoms with van der Waals surface area (Å²) in [5.41, 5.74) is 1.07. The molecule has 124 valence electrons. The Morgan fingerprint density at radius 2 is 1.79 bits per heavy atom. The molecule has 0 amide bonds. The zero-order valence-electron chi connectivity index (χ0n) is 13.8. The van der Waals surface area contributed by atoms with Crippen LogP contribution in [0, 0.1) is 4.77 Å². The maximum Gasteiger partial charge on any atom is 0.199 e. The van der Waals surface area contributed by atoms with Crippen molar-refractivity contribution in [1.29, 1.82) is 0 Å². The van der Waals surface area contributed by atoms with E-state index in [9.17, 15) is 0 Å². The fourth-order valence-electron chi connectivity index (χ4n) is 3.22. The molecule has 2 heterocycles. The van der Waals surface area contributed by atoms with E-state index in [0.29, 0.717) is 4.77 Å². The van der Waals surface area contributed by atoms with E-state index < -0.39 is 0 Å². The lowest BCUT2D eigenvalue weighted by atomic mass is 10.1. The number of aromatic nitrogens is 3. The molecule has 1 saturated heterocycles.